The van der Waals surface area contributed by atoms with Crippen LogP contribution in [0.25, 0.3) is 0 Å². The van der Waals surface area contributed by atoms with Crippen molar-refractivity contribution in [2.45, 2.75) is 12.4 Å². The number of halogens is 6. The van der Waals surface area contributed by atoms with Crippen molar-refractivity contribution < 1.29 is 46.8 Å². The van der Waals surface area contributed by atoms with Crippen molar-refractivity contribution in [2.24, 2.45) is 0 Å². The molecule has 0 aliphatic heterocycles. The second-order valence-corrected chi connectivity index (χ2v) is 3.51. The molecule has 0 aliphatic rings. The van der Waals surface area contributed by atoms with E-state index in [0.717, 1.165) is 0 Å². The Labute approximate surface area is 103 Å². The van der Waals surface area contributed by atoms with Crippen molar-refractivity contribution in [1.29, 1.82) is 0 Å². The van der Waals surface area contributed by atoms with Gasteiger partial charge in [0.25, 0.3) is 0 Å². The van der Waals surface area contributed by atoms with Crippen molar-refractivity contribution in [3.63, 3.8) is 0 Å². The van der Waals surface area contributed by atoms with Crippen molar-refractivity contribution in [3.05, 3.63) is 29.3 Å². The fourth-order valence-corrected chi connectivity index (χ4v) is 1.34. The van der Waals surface area contributed by atoms with Crippen LogP contribution in [0.3, 0.4) is 0 Å². The van der Waals surface area contributed by atoms with Crippen LogP contribution in [0.4, 0.5) is 26.3 Å². The predicted molar refractivity (Wildman–Crippen MR) is 45.8 cm³/mol. The first-order valence-corrected chi connectivity index (χ1v) is 4.23. The Bertz CT molecular complexity index is 338. The van der Waals surface area contributed by atoms with Gasteiger partial charge in [0.15, 0.2) is 0 Å². The van der Waals surface area contributed by atoms with E-state index >= 15 is 0 Å². The van der Waals surface area contributed by atoms with Crippen LogP contribution >= 0.6 is 9.24 Å². The Balaban J connectivity index is 0.00000225. The minimum Gasteiger partial charge on any atom is -0.166 e. The zero-order valence-corrected chi connectivity index (χ0v) is 10.1. The molecule has 1 aromatic rings. The first kappa shape index (κ1) is 15.9. The third-order valence-corrected chi connectivity index (χ3v) is 1.94. The predicted octanol–water partition coefficient (Wildman–Crippen LogP) is 3.22. The molecule has 0 spiro atoms. The van der Waals surface area contributed by atoms with Crippen LogP contribution in [0.1, 0.15) is 11.1 Å². The number of hydrogen-bond acceptors (Lipinski definition) is 0. The molecule has 0 amide bonds. The summed E-state index contributed by atoms with van der Waals surface area (Å²) >= 11 is 0. The Morgan fingerprint density at radius 3 is 1.31 bits per heavy atom. The van der Waals surface area contributed by atoms with E-state index in [-0.39, 0.29) is 31.8 Å². The van der Waals surface area contributed by atoms with Gasteiger partial charge in [-0.05, 0) is 23.5 Å². The molecule has 1 atom stereocenters. The molecule has 0 radical (unpaired) electrons. The zero-order chi connectivity index (χ0) is 11.9. The smallest absolute Gasteiger partial charge is 0.166 e. The largest absolute Gasteiger partial charge is 0.416 e. The Kier molecular flexibility index (Phi) is 5.00. The first-order chi connectivity index (χ1) is 6.60. The molecule has 1 unspecified atom stereocenters. The SMILES string of the molecule is FC(F)(F)c1cc(P)cc(C(F)(F)F)c1.[Pd]. The summed E-state index contributed by atoms with van der Waals surface area (Å²) in [5, 5.41) is -0.155. The molecule has 0 bridgehead atoms. The van der Waals surface area contributed by atoms with Crippen molar-refractivity contribution in [1.82, 2.24) is 0 Å². The summed E-state index contributed by atoms with van der Waals surface area (Å²) < 4.78 is 73.0. The summed E-state index contributed by atoms with van der Waals surface area (Å²) in [4.78, 5) is 0. The summed E-state index contributed by atoms with van der Waals surface area (Å²) in [6.07, 6.45) is -9.54. The number of benzene rings is 1. The maximum absolute atomic E-state index is 12.2. The molecule has 0 aliphatic carbocycles. The molecule has 0 nitrogen and oxygen atoms in total. The van der Waals surface area contributed by atoms with Crippen LogP contribution in [-0.2, 0) is 32.8 Å². The average Bonchev–Trinajstić information content (AvgIpc) is 1.99. The summed E-state index contributed by atoms with van der Waals surface area (Å²) in [6, 6.07) is 1.37. The van der Waals surface area contributed by atoms with Crippen LogP contribution in [0, 0.1) is 0 Å². The van der Waals surface area contributed by atoms with Gasteiger partial charge in [0, 0.05) is 20.4 Å². The molecule has 8 heteroatoms. The van der Waals surface area contributed by atoms with Gasteiger partial charge in [-0.2, -0.15) is 26.3 Å². The van der Waals surface area contributed by atoms with Gasteiger partial charge in [0.1, 0.15) is 0 Å². The molecule has 0 N–H and O–H groups in total. The molecule has 0 fully saturated rings. The van der Waals surface area contributed by atoms with Gasteiger partial charge in [0.05, 0.1) is 11.1 Å². The quantitative estimate of drug-likeness (QED) is 0.382. The summed E-state index contributed by atoms with van der Waals surface area (Å²) in [5.41, 5.74) is -2.61. The Morgan fingerprint density at radius 2 is 1.06 bits per heavy atom. The van der Waals surface area contributed by atoms with E-state index in [4.69, 9.17) is 0 Å². The Morgan fingerprint density at radius 1 is 0.750 bits per heavy atom. The summed E-state index contributed by atoms with van der Waals surface area (Å²) in [6.45, 7) is 0. The van der Waals surface area contributed by atoms with Crippen molar-refractivity contribution in [3.8, 4) is 0 Å². The number of rotatable bonds is 0. The number of hydrogen-bond donors (Lipinski definition) is 0. The van der Waals surface area contributed by atoms with Gasteiger partial charge < -0.3 is 0 Å². The van der Waals surface area contributed by atoms with Crippen LogP contribution in [-0.4, -0.2) is 0 Å². The van der Waals surface area contributed by atoms with Crippen molar-refractivity contribution >= 4 is 14.5 Å². The summed E-state index contributed by atoms with van der Waals surface area (Å²) in [7, 11) is 1.81. The van der Waals surface area contributed by atoms with E-state index in [9.17, 15) is 26.3 Å². The molecule has 1 rings (SSSR count). The molecule has 94 valence electrons. The minimum atomic E-state index is -4.77. The molecule has 0 aromatic heterocycles. The van der Waals surface area contributed by atoms with Gasteiger partial charge in [-0.25, -0.2) is 0 Å². The zero-order valence-electron chi connectivity index (χ0n) is 7.39. The van der Waals surface area contributed by atoms with Crippen LogP contribution < -0.4 is 5.30 Å². The minimum absolute atomic E-state index is 0. The molecular weight excluding hydrogens is 347 g/mol. The normalized spacial score (nSPS) is 12.2. The average molecular weight is 353 g/mol. The van der Waals surface area contributed by atoms with E-state index in [1.807, 2.05) is 9.24 Å². The van der Waals surface area contributed by atoms with E-state index in [1.54, 1.807) is 0 Å². The fraction of sp³-hybridized carbons (Fsp3) is 0.250. The van der Waals surface area contributed by atoms with Crippen molar-refractivity contribution in [2.75, 3.05) is 0 Å². The van der Waals surface area contributed by atoms with Crippen LogP contribution in [0.5, 0.6) is 0 Å². The van der Waals surface area contributed by atoms with Gasteiger partial charge in [0.2, 0.25) is 0 Å². The second-order valence-electron chi connectivity index (χ2n) is 2.84. The van der Waals surface area contributed by atoms with Gasteiger partial charge in [-0.15, -0.1) is 9.24 Å². The molecule has 16 heavy (non-hydrogen) atoms. The van der Waals surface area contributed by atoms with E-state index < -0.39 is 23.5 Å². The number of alkyl halides is 6. The van der Waals surface area contributed by atoms with Crippen LogP contribution in [0.15, 0.2) is 18.2 Å². The maximum Gasteiger partial charge on any atom is 0.416 e. The van der Waals surface area contributed by atoms with Gasteiger partial charge in [-0.1, -0.05) is 0 Å². The third-order valence-electron chi connectivity index (χ3n) is 1.61. The van der Waals surface area contributed by atoms with Gasteiger partial charge in [-0.3, -0.25) is 0 Å². The topological polar surface area (TPSA) is 0 Å². The molecule has 1 aromatic carbocycles. The third kappa shape index (κ3) is 4.05. The standard InChI is InChI=1S/C8H5F6P.Pd/c9-7(10,11)4-1-5(8(12,13)14)3-6(15)2-4;/h1-3H,15H2;. The van der Waals surface area contributed by atoms with Gasteiger partial charge >= 0.3 is 12.4 Å². The molecule has 0 saturated heterocycles. The van der Waals surface area contributed by atoms with E-state index in [1.165, 1.54) is 0 Å². The fourth-order valence-electron chi connectivity index (χ4n) is 0.979. The monoisotopic (exact) mass is 352 g/mol. The summed E-state index contributed by atoms with van der Waals surface area (Å²) in [5.74, 6) is 0. The maximum atomic E-state index is 12.2. The van der Waals surface area contributed by atoms with E-state index in [2.05, 4.69) is 0 Å². The van der Waals surface area contributed by atoms with E-state index in [0.29, 0.717) is 12.1 Å². The molecule has 0 heterocycles. The second kappa shape index (κ2) is 5.03. The molecule has 0 saturated carbocycles. The molecular formula is C8H5F6PPd. The van der Waals surface area contributed by atoms with Crippen LogP contribution in [0.2, 0.25) is 0 Å². The first-order valence-electron chi connectivity index (χ1n) is 3.65. The Hall–Kier alpha value is -0.108.